The first-order valence-corrected chi connectivity index (χ1v) is 8.03. The quantitative estimate of drug-likeness (QED) is 0.875. The first kappa shape index (κ1) is 14.1. The van der Waals surface area contributed by atoms with Crippen LogP contribution in [0.5, 0.6) is 0 Å². The monoisotopic (exact) mass is 284 g/mol. The van der Waals surface area contributed by atoms with Crippen LogP contribution >= 0.6 is 0 Å². The van der Waals surface area contributed by atoms with Gasteiger partial charge in [0.05, 0.1) is 5.52 Å². The fourth-order valence-electron chi connectivity index (χ4n) is 3.39. The van der Waals surface area contributed by atoms with Crippen molar-refractivity contribution in [2.75, 3.05) is 23.7 Å². The summed E-state index contributed by atoms with van der Waals surface area (Å²) in [6.45, 7) is 4.48. The van der Waals surface area contributed by atoms with E-state index in [1.165, 1.54) is 32.1 Å². The van der Waals surface area contributed by atoms with Gasteiger partial charge in [-0.15, -0.1) is 0 Å². The molecule has 21 heavy (non-hydrogen) atoms. The number of benzene rings is 1. The Balaban J connectivity index is 1.86. The molecule has 2 N–H and O–H groups in total. The summed E-state index contributed by atoms with van der Waals surface area (Å²) in [5, 5.41) is 1.11. The average molecular weight is 284 g/mol. The Morgan fingerprint density at radius 2 is 2.14 bits per heavy atom. The molecule has 1 unspecified atom stereocenters. The molecule has 1 aromatic heterocycles. The van der Waals surface area contributed by atoms with Gasteiger partial charge in [-0.2, -0.15) is 0 Å². The van der Waals surface area contributed by atoms with Gasteiger partial charge in [0.2, 0.25) is 0 Å². The Labute approximate surface area is 126 Å². The van der Waals surface area contributed by atoms with Crippen molar-refractivity contribution in [1.29, 1.82) is 0 Å². The van der Waals surface area contributed by atoms with Gasteiger partial charge in [-0.25, -0.2) is 9.97 Å². The minimum Gasteiger partial charge on any atom is -0.399 e. The van der Waals surface area contributed by atoms with E-state index in [4.69, 9.17) is 5.73 Å². The molecule has 0 aliphatic carbocycles. The number of fused-ring (bicyclic) bond motifs is 1. The first-order chi connectivity index (χ1) is 10.3. The zero-order chi connectivity index (χ0) is 14.7. The molecular weight excluding hydrogens is 260 g/mol. The molecule has 1 atom stereocenters. The van der Waals surface area contributed by atoms with Crippen LogP contribution < -0.4 is 10.6 Å². The van der Waals surface area contributed by atoms with E-state index in [1.54, 1.807) is 6.33 Å². The number of nitrogens with two attached hydrogens (primary N) is 1. The Kier molecular flexibility index (Phi) is 4.23. The molecular formula is C17H24N4. The fourth-order valence-corrected chi connectivity index (χ4v) is 3.39. The van der Waals surface area contributed by atoms with Crippen LogP contribution in [0.1, 0.15) is 39.0 Å². The number of nitrogens with zero attached hydrogens (tertiary/aromatic N) is 3. The van der Waals surface area contributed by atoms with Crippen molar-refractivity contribution < 1.29 is 0 Å². The molecule has 0 bridgehead atoms. The van der Waals surface area contributed by atoms with Gasteiger partial charge in [0.25, 0.3) is 0 Å². The topological polar surface area (TPSA) is 55.0 Å². The Hall–Kier alpha value is -1.84. The number of anilines is 2. The van der Waals surface area contributed by atoms with Crippen LogP contribution in [0.25, 0.3) is 10.9 Å². The van der Waals surface area contributed by atoms with Crippen LogP contribution in [-0.4, -0.2) is 23.1 Å². The Morgan fingerprint density at radius 3 is 3.00 bits per heavy atom. The van der Waals surface area contributed by atoms with Gasteiger partial charge in [0.1, 0.15) is 12.1 Å². The molecule has 4 nitrogen and oxygen atoms in total. The smallest absolute Gasteiger partial charge is 0.139 e. The summed E-state index contributed by atoms with van der Waals surface area (Å²) in [6, 6.07) is 5.92. The molecule has 2 heterocycles. The summed E-state index contributed by atoms with van der Waals surface area (Å²) in [6.07, 6.45) is 8.18. The van der Waals surface area contributed by atoms with E-state index in [0.29, 0.717) is 0 Å². The van der Waals surface area contributed by atoms with Gasteiger partial charge in [-0.3, -0.25) is 0 Å². The first-order valence-electron chi connectivity index (χ1n) is 8.03. The molecule has 0 spiro atoms. The summed E-state index contributed by atoms with van der Waals surface area (Å²) in [5.74, 6) is 1.95. The molecule has 3 rings (SSSR count). The van der Waals surface area contributed by atoms with Crippen molar-refractivity contribution in [3.8, 4) is 0 Å². The lowest BCUT2D eigenvalue weighted by Crippen LogP contribution is -2.25. The van der Waals surface area contributed by atoms with E-state index in [2.05, 4.69) is 27.9 Å². The molecule has 4 heteroatoms. The Morgan fingerprint density at radius 1 is 1.24 bits per heavy atom. The zero-order valence-electron chi connectivity index (χ0n) is 12.8. The van der Waals surface area contributed by atoms with Crippen molar-refractivity contribution in [3.63, 3.8) is 0 Å². The highest BCUT2D eigenvalue weighted by Gasteiger charge is 2.19. The maximum atomic E-state index is 5.85. The van der Waals surface area contributed by atoms with E-state index in [1.807, 2.05) is 12.1 Å². The van der Waals surface area contributed by atoms with Gasteiger partial charge in [-0.1, -0.05) is 19.8 Å². The summed E-state index contributed by atoms with van der Waals surface area (Å²) in [4.78, 5) is 11.3. The van der Waals surface area contributed by atoms with E-state index in [-0.39, 0.29) is 0 Å². The van der Waals surface area contributed by atoms with Gasteiger partial charge in [0.15, 0.2) is 0 Å². The SMILES string of the molecule is CCCC1CCCN(c2ncnc3cc(N)ccc23)CC1. The number of rotatable bonds is 3. The minimum absolute atomic E-state index is 0.756. The van der Waals surface area contributed by atoms with Crippen molar-refractivity contribution in [2.45, 2.75) is 39.0 Å². The van der Waals surface area contributed by atoms with Gasteiger partial charge in [-0.05, 0) is 43.4 Å². The number of aromatic nitrogens is 2. The van der Waals surface area contributed by atoms with Crippen molar-refractivity contribution >= 4 is 22.4 Å². The summed E-state index contributed by atoms with van der Waals surface area (Å²) < 4.78 is 0. The van der Waals surface area contributed by atoms with Gasteiger partial charge in [0, 0.05) is 24.2 Å². The third kappa shape index (κ3) is 3.09. The molecule has 112 valence electrons. The van der Waals surface area contributed by atoms with Gasteiger partial charge < -0.3 is 10.6 Å². The van der Waals surface area contributed by atoms with Crippen LogP contribution in [0.4, 0.5) is 11.5 Å². The van der Waals surface area contributed by atoms with Crippen molar-refractivity contribution in [3.05, 3.63) is 24.5 Å². The fraction of sp³-hybridized carbons (Fsp3) is 0.529. The highest BCUT2D eigenvalue weighted by atomic mass is 15.2. The molecule has 1 aromatic carbocycles. The second-order valence-corrected chi connectivity index (χ2v) is 6.05. The number of hydrogen-bond acceptors (Lipinski definition) is 4. The van der Waals surface area contributed by atoms with Crippen LogP contribution in [-0.2, 0) is 0 Å². The van der Waals surface area contributed by atoms with Crippen LogP contribution in [0, 0.1) is 5.92 Å². The van der Waals surface area contributed by atoms with Crippen LogP contribution in [0.3, 0.4) is 0 Å². The van der Waals surface area contributed by atoms with Crippen molar-refractivity contribution in [2.24, 2.45) is 5.92 Å². The molecule has 1 aliphatic heterocycles. The lowest BCUT2D eigenvalue weighted by atomic mass is 9.96. The zero-order valence-corrected chi connectivity index (χ0v) is 12.8. The third-order valence-electron chi connectivity index (χ3n) is 4.48. The minimum atomic E-state index is 0.756. The predicted molar refractivity (Wildman–Crippen MR) is 88.4 cm³/mol. The number of nitrogen functional groups attached to an aromatic ring is 1. The highest BCUT2D eigenvalue weighted by molar-refractivity contribution is 5.91. The largest absolute Gasteiger partial charge is 0.399 e. The van der Waals surface area contributed by atoms with E-state index >= 15 is 0 Å². The predicted octanol–water partition coefficient (Wildman–Crippen LogP) is 3.62. The van der Waals surface area contributed by atoms with E-state index < -0.39 is 0 Å². The molecule has 1 fully saturated rings. The molecule has 2 aromatic rings. The molecule has 0 saturated carbocycles. The molecule has 0 amide bonds. The maximum absolute atomic E-state index is 5.85. The lowest BCUT2D eigenvalue weighted by molar-refractivity contribution is 0.435. The standard InChI is InChI=1S/C17H24N4/c1-2-4-13-5-3-9-21(10-8-13)17-15-7-6-14(18)11-16(15)19-12-20-17/h6-7,11-13H,2-5,8-10,18H2,1H3. The lowest BCUT2D eigenvalue weighted by Gasteiger charge is -2.23. The second kappa shape index (κ2) is 6.29. The molecule has 1 saturated heterocycles. The third-order valence-corrected chi connectivity index (χ3v) is 4.48. The van der Waals surface area contributed by atoms with Crippen LogP contribution in [0.2, 0.25) is 0 Å². The maximum Gasteiger partial charge on any atom is 0.139 e. The summed E-state index contributed by atoms with van der Waals surface area (Å²) in [5.41, 5.74) is 7.55. The number of hydrogen-bond donors (Lipinski definition) is 1. The summed E-state index contributed by atoms with van der Waals surface area (Å²) in [7, 11) is 0. The molecule has 1 aliphatic rings. The van der Waals surface area contributed by atoms with Gasteiger partial charge >= 0.3 is 0 Å². The van der Waals surface area contributed by atoms with Crippen LogP contribution in [0.15, 0.2) is 24.5 Å². The van der Waals surface area contributed by atoms with E-state index in [0.717, 1.165) is 41.4 Å². The van der Waals surface area contributed by atoms with Crippen molar-refractivity contribution in [1.82, 2.24) is 9.97 Å². The summed E-state index contributed by atoms with van der Waals surface area (Å²) >= 11 is 0. The normalized spacial score (nSPS) is 19.7. The molecule has 0 radical (unpaired) electrons. The Bertz CT molecular complexity index is 611. The average Bonchev–Trinajstić information content (AvgIpc) is 2.72. The second-order valence-electron chi connectivity index (χ2n) is 6.05. The highest BCUT2D eigenvalue weighted by Crippen LogP contribution is 2.29. The van der Waals surface area contributed by atoms with E-state index in [9.17, 15) is 0 Å².